The highest BCUT2D eigenvalue weighted by molar-refractivity contribution is 7.96. The number of pyridine rings is 1. The van der Waals surface area contributed by atoms with Crippen molar-refractivity contribution in [1.29, 1.82) is 5.26 Å². The van der Waals surface area contributed by atoms with Crippen LogP contribution in [0.5, 0.6) is 0 Å². The van der Waals surface area contributed by atoms with E-state index in [2.05, 4.69) is 15.4 Å². The van der Waals surface area contributed by atoms with Crippen molar-refractivity contribution in [2.24, 2.45) is 0 Å². The van der Waals surface area contributed by atoms with Crippen molar-refractivity contribution in [3.63, 3.8) is 0 Å². The molecule has 1 amide bonds. The topological polar surface area (TPSA) is 63.5 Å². The zero-order chi connectivity index (χ0) is 25.3. The lowest BCUT2D eigenvalue weighted by Crippen LogP contribution is -2.47. The number of amides is 1. The molecule has 3 heterocycles. The van der Waals surface area contributed by atoms with Gasteiger partial charge in [-0.1, -0.05) is 30.1 Å². The highest BCUT2D eigenvalue weighted by Crippen LogP contribution is 2.40. The van der Waals surface area contributed by atoms with Gasteiger partial charge in [0.2, 0.25) is 0 Å². The number of benzene rings is 2. The van der Waals surface area contributed by atoms with Gasteiger partial charge in [0.25, 0.3) is 5.91 Å². The Morgan fingerprint density at radius 1 is 1.06 bits per heavy atom. The SMILES string of the molecule is CSN1CCN(C(=O)c2cnc3ccc(F)cc3c2N2CCC(C#N)(c3ccccc3F)CC2)CC1. The molecule has 2 fully saturated rings. The molecule has 6 nitrogen and oxygen atoms in total. The first-order valence-electron chi connectivity index (χ1n) is 12.0. The van der Waals surface area contributed by atoms with E-state index in [0.717, 1.165) is 13.1 Å². The summed E-state index contributed by atoms with van der Waals surface area (Å²) >= 11 is 1.67. The second-order valence-electron chi connectivity index (χ2n) is 9.25. The average molecular weight is 508 g/mol. The van der Waals surface area contributed by atoms with Crippen LogP contribution >= 0.6 is 11.9 Å². The number of anilines is 1. The minimum Gasteiger partial charge on any atom is -0.370 e. The van der Waals surface area contributed by atoms with E-state index in [-0.39, 0.29) is 11.7 Å². The van der Waals surface area contributed by atoms with Gasteiger partial charge in [0.1, 0.15) is 11.6 Å². The van der Waals surface area contributed by atoms with Crippen LogP contribution in [0.3, 0.4) is 0 Å². The molecule has 2 aliphatic heterocycles. The number of aromatic nitrogens is 1. The van der Waals surface area contributed by atoms with E-state index in [1.165, 1.54) is 18.2 Å². The molecule has 2 saturated heterocycles. The van der Waals surface area contributed by atoms with Gasteiger partial charge in [0.15, 0.2) is 0 Å². The number of hydrogen-bond donors (Lipinski definition) is 0. The fourth-order valence-electron chi connectivity index (χ4n) is 5.29. The summed E-state index contributed by atoms with van der Waals surface area (Å²) < 4.78 is 31.2. The molecule has 0 saturated carbocycles. The number of hydrogen-bond acceptors (Lipinski definition) is 6. The molecule has 0 unspecified atom stereocenters. The van der Waals surface area contributed by atoms with Crippen molar-refractivity contribution in [1.82, 2.24) is 14.2 Å². The lowest BCUT2D eigenvalue weighted by Gasteiger charge is -2.40. The van der Waals surface area contributed by atoms with Crippen molar-refractivity contribution in [3.05, 3.63) is 71.4 Å². The lowest BCUT2D eigenvalue weighted by molar-refractivity contribution is 0.0704. The number of carbonyl (C=O) groups is 1. The molecule has 186 valence electrons. The number of halogens is 2. The second-order valence-corrected chi connectivity index (χ2v) is 10.1. The molecule has 36 heavy (non-hydrogen) atoms. The molecule has 0 radical (unpaired) electrons. The smallest absolute Gasteiger partial charge is 0.257 e. The minimum atomic E-state index is -0.950. The third-order valence-corrected chi connectivity index (χ3v) is 8.23. The quantitative estimate of drug-likeness (QED) is 0.481. The molecule has 9 heteroatoms. The summed E-state index contributed by atoms with van der Waals surface area (Å²) in [5, 5.41) is 10.6. The summed E-state index contributed by atoms with van der Waals surface area (Å²) in [5.41, 5.74) is 1.12. The van der Waals surface area contributed by atoms with Crippen LogP contribution in [-0.2, 0) is 5.41 Å². The fourth-order valence-corrected chi connectivity index (χ4v) is 5.82. The zero-order valence-corrected chi connectivity index (χ0v) is 20.9. The van der Waals surface area contributed by atoms with Crippen molar-refractivity contribution >= 4 is 34.4 Å². The monoisotopic (exact) mass is 507 g/mol. The van der Waals surface area contributed by atoms with Gasteiger partial charge in [-0.15, -0.1) is 0 Å². The van der Waals surface area contributed by atoms with Gasteiger partial charge < -0.3 is 9.80 Å². The summed E-state index contributed by atoms with van der Waals surface area (Å²) in [5.74, 6) is -0.918. The Kier molecular flexibility index (Phi) is 6.82. The first-order chi connectivity index (χ1) is 17.5. The van der Waals surface area contributed by atoms with Crippen LogP contribution in [0.4, 0.5) is 14.5 Å². The largest absolute Gasteiger partial charge is 0.370 e. The van der Waals surface area contributed by atoms with Gasteiger partial charge in [0.05, 0.1) is 28.3 Å². The molecule has 1 aromatic heterocycles. The molecular weight excluding hydrogens is 480 g/mol. The summed E-state index contributed by atoms with van der Waals surface area (Å²) in [4.78, 5) is 22.0. The van der Waals surface area contributed by atoms with E-state index in [0.29, 0.717) is 66.7 Å². The average Bonchev–Trinajstić information content (AvgIpc) is 2.92. The van der Waals surface area contributed by atoms with Crippen LogP contribution in [-0.4, -0.2) is 65.6 Å². The molecular formula is C27H27F2N5OS. The van der Waals surface area contributed by atoms with Crippen LogP contribution < -0.4 is 4.90 Å². The van der Waals surface area contributed by atoms with Crippen LogP contribution in [0.2, 0.25) is 0 Å². The number of rotatable bonds is 4. The van der Waals surface area contributed by atoms with Gasteiger partial charge in [0, 0.05) is 56.4 Å². The molecule has 0 aliphatic carbocycles. The fraction of sp³-hybridized carbons (Fsp3) is 0.370. The molecule has 0 atom stereocenters. The Bertz CT molecular complexity index is 1330. The molecule has 2 aliphatic rings. The molecule has 2 aromatic carbocycles. The Morgan fingerprint density at radius 3 is 2.44 bits per heavy atom. The van der Waals surface area contributed by atoms with Crippen molar-refractivity contribution in [3.8, 4) is 6.07 Å². The number of carbonyl (C=O) groups excluding carboxylic acids is 1. The van der Waals surface area contributed by atoms with Crippen molar-refractivity contribution in [2.45, 2.75) is 18.3 Å². The van der Waals surface area contributed by atoms with Crippen LogP contribution in [0.15, 0.2) is 48.7 Å². The third-order valence-electron chi connectivity index (χ3n) is 7.35. The van der Waals surface area contributed by atoms with E-state index in [4.69, 9.17) is 0 Å². The van der Waals surface area contributed by atoms with E-state index in [1.807, 2.05) is 16.1 Å². The number of nitriles is 1. The number of fused-ring (bicyclic) bond motifs is 1. The highest BCUT2D eigenvalue weighted by Gasteiger charge is 2.39. The van der Waals surface area contributed by atoms with Gasteiger partial charge in [-0.2, -0.15) is 5.26 Å². The van der Waals surface area contributed by atoms with E-state index in [1.54, 1.807) is 42.4 Å². The van der Waals surface area contributed by atoms with Crippen LogP contribution in [0.1, 0.15) is 28.8 Å². The zero-order valence-electron chi connectivity index (χ0n) is 20.1. The van der Waals surface area contributed by atoms with Gasteiger partial charge in [-0.05, 0) is 43.4 Å². The highest BCUT2D eigenvalue weighted by atomic mass is 32.2. The predicted octanol–water partition coefficient (Wildman–Crippen LogP) is 4.61. The van der Waals surface area contributed by atoms with Crippen LogP contribution in [0, 0.1) is 23.0 Å². The van der Waals surface area contributed by atoms with E-state index < -0.39 is 11.2 Å². The normalized spacial score (nSPS) is 18.3. The summed E-state index contributed by atoms with van der Waals surface area (Å²) in [6, 6.07) is 13.2. The Balaban J connectivity index is 1.51. The van der Waals surface area contributed by atoms with Crippen molar-refractivity contribution < 1.29 is 13.6 Å². The summed E-state index contributed by atoms with van der Waals surface area (Å²) in [6.07, 6.45) is 4.39. The number of piperidine rings is 1. The van der Waals surface area contributed by atoms with Gasteiger partial charge >= 0.3 is 0 Å². The predicted molar refractivity (Wildman–Crippen MR) is 138 cm³/mol. The third kappa shape index (κ3) is 4.40. The Hall–Kier alpha value is -3.22. The first kappa shape index (κ1) is 24.5. The first-order valence-corrected chi connectivity index (χ1v) is 13.2. The minimum absolute atomic E-state index is 0.129. The van der Waals surface area contributed by atoms with Crippen molar-refractivity contribution in [2.75, 3.05) is 50.4 Å². The Morgan fingerprint density at radius 2 is 1.78 bits per heavy atom. The summed E-state index contributed by atoms with van der Waals surface area (Å²) in [7, 11) is 0. The van der Waals surface area contributed by atoms with Gasteiger partial charge in [-0.3, -0.25) is 9.78 Å². The molecule has 0 spiro atoms. The molecule has 5 rings (SSSR count). The van der Waals surface area contributed by atoms with Gasteiger partial charge in [-0.25, -0.2) is 13.1 Å². The lowest BCUT2D eigenvalue weighted by atomic mass is 9.73. The maximum atomic E-state index is 14.6. The number of nitrogens with zero attached hydrogens (tertiary/aromatic N) is 5. The Labute approximate surface area is 213 Å². The van der Waals surface area contributed by atoms with E-state index >= 15 is 0 Å². The summed E-state index contributed by atoms with van der Waals surface area (Å²) in [6.45, 7) is 3.61. The number of piperazine rings is 1. The molecule has 0 bridgehead atoms. The second kappa shape index (κ2) is 10.0. The molecule has 3 aromatic rings. The maximum absolute atomic E-state index is 14.6. The van der Waals surface area contributed by atoms with E-state index in [9.17, 15) is 18.8 Å². The maximum Gasteiger partial charge on any atom is 0.257 e. The molecule has 0 N–H and O–H groups in total. The van der Waals surface area contributed by atoms with Crippen LogP contribution in [0.25, 0.3) is 10.9 Å². The standard InChI is InChI=1S/C27H27F2N5OS/c1-36-34-14-12-33(13-15-34)26(35)21-17-31-24-7-6-19(28)16-20(24)25(21)32-10-8-27(18-30,9-11-32)22-4-2-3-5-23(22)29/h2-7,16-17H,8-15H2,1H3.